The Labute approximate surface area is 153 Å². The van der Waals surface area contributed by atoms with Gasteiger partial charge in [0, 0.05) is 5.92 Å². The maximum absolute atomic E-state index is 12.5. The number of carbonyl (C=O) groups excluding carboxylic acids is 1. The lowest BCUT2D eigenvalue weighted by Gasteiger charge is -2.19. The van der Waals surface area contributed by atoms with E-state index in [0.29, 0.717) is 30.7 Å². The van der Waals surface area contributed by atoms with E-state index in [0.717, 1.165) is 5.56 Å². The molecule has 2 N–H and O–H groups in total. The summed E-state index contributed by atoms with van der Waals surface area (Å²) >= 11 is 0. The molecule has 0 heterocycles. The van der Waals surface area contributed by atoms with Crippen LogP contribution < -0.4 is 10.1 Å². The predicted octanol–water partition coefficient (Wildman–Crippen LogP) is 4.27. The molecule has 1 saturated carbocycles. The van der Waals surface area contributed by atoms with Crippen molar-refractivity contribution < 1.29 is 19.4 Å². The second-order valence-electron chi connectivity index (χ2n) is 6.70. The molecule has 3 rings (SSSR count). The van der Waals surface area contributed by atoms with Crippen LogP contribution in [0.25, 0.3) is 0 Å². The van der Waals surface area contributed by atoms with Gasteiger partial charge in [0.1, 0.15) is 11.9 Å². The Hall–Kier alpha value is -2.82. The monoisotopic (exact) mass is 353 g/mol. The van der Waals surface area contributed by atoms with Crippen LogP contribution in [0.3, 0.4) is 0 Å². The molecule has 1 aliphatic rings. The van der Waals surface area contributed by atoms with Crippen LogP contribution in [0.15, 0.2) is 54.6 Å². The first-order valence-corrected chi connectivity index (χ1v) is 8.89. The lowest BCUT2D eigenvalue weighted by atomic mass is 10.0. The minimum absolute atomic E-state index is 0.142. The molecular formula is C21H23NO4. The molecule has 0 spiro atoms. The van der Waals surface area contributed by atoms with Crippen LogP contribution in [0.5, 0.6) is 5.75 Å². The summed E-state index contributed by atoms with van der Waals surface area (Å²) in [6.45, 7) is 1.96. The van der Waals surface area contributed by atoms with Crippen molar-refractivity contribution >= 4 is 17.6 Å². The van der Waals surface area contributed by atoms with Gasteiger partial charge in [-0.2, -0.15) is 0 Å². The number of hydrogen-bond acceptors (Lipinski definition) is 3. The van der Waals surface area contributed by atoms with E-state index in [1.54, 1.807) is 6.07 Å². The second kappa shape index (κ2) is 8.04. The molecule has 0 aliphatic heterocycles. The van der Waals surface area contributed by atoms with E-state index in [1.807, 2.05) is 55.5 Å². The van der Waals surface area contributed by atoms with Crippen molar-refractivity contribution in [1.82, 2.24) is 0 Å². The topological polar surface area (TPSA) is 75.6 Å². The van der Waals surface area contributed by atoms with Gasteiger partial charge in [0.25, 0.3) is 0 Å². The number of benzene rings is 2. The van der Waals surface area contributed by atoms with Gasteiger partial charge in [-0.15, -0.1) is 0 Å². The molecule has 2 aromatic carbocycles. The summed E-state index contributed by atoms with van der Waals surface area (Å²) in [5.74, 6) is -1.05. The van der Waals surface area contributed by atoms with Crippen molar-refractivity contribution in [2.75, 3.05) is 5.32 Å². The fourth-order valence-corrected chi connectivity index (χ4v) is 3.33. The van der Waals surface area contributed by atoms with Crippen LogP contribution in [0.1, 0.15) is 37.9 Å². The van der Waals surface area contributed by atoms with E-state index < -0.39 is 11.9 Å². The number of amides is 1. The van der Waals surface area contributed by atoms with Gasteiger partial charge in [0.2, 0.25) is 5.91 Å². The molecule has 0 radical (unpaired) electrons. The quantitative estimate of drug-likeness (QED) is 0.813. The summed E-state index contributed by atoms with van der Waals surface area (Å²) in [6.07, 6.45) is 1.39. The van der Waals surface area contributed by atoms with Gasteiger partial charge < -0.3 is 15.2 Å². The first-order chi connectivity index (χ1) is 12.5. The van der Waals surface area contributed by atoms with E-state index in [1.165, 1.54) is 0 Å². The smallest absolute Gasteiger partial charge is 0.306 e. The lowest BCUT2D eigenvalue weighted by molar-refractivity contribution is -0.141. The van der Waals surface area contributed by atoms with Crippen molar-refractivity contribution in [1.29, 1.82) is 0 Å². The highest BCUT2D eigenvalue weighted by atomic mass is 16.5. The van der Waals surface area contributed by atoms with E-state index in [-0.39, 0.29) is 17.9 Å². The molecule has 0 bridgehead atoms. The summed E-state index contributed by atoms with van der Waals surface area (Å²) in [5.41, 5.74) is 1.66. The fraction of sp³-hybridized carbons (Fsp3) is 0.333. The maximum Gasteiger partial charge on any atom is 0.306 e. The van der Waals surface area contributed by atoms with Crippen molar-refractivity contribution in [3.05, 3.63) is 60.2 Å². The third-order valence-corrected chi connectivity index (χ3v) is 4.87. The normalized spacial score (nSPS) is 20.3. The van der Waals surface area contributed by atoms with Crippen LogP contribution in [-0.4, -0.2) is 17.0 Å². The highest BCUT2D eigenvalue weighted by Gasteiger charge is 2.34. The van der Waals surface area contributed by atoms with Crippen molar-refractivity contribution in [2.24, 2.45) is 11.8 Å². The Morgan fingerprint density at radius 3 is 2.38 bits per heavy atom. The predicted molar refractivity (Wildman–Crippen MR) is 99.0 cm³/mol. The third-order valence-electron chi connectivity index (χ3n) is 4.87. The lowest BCUT2D eigenvalue weighted by Crippen LogP contribution is -2.22. The molecule has 3 atom stereocenters. The summed E-state index contributed by atoms with van der Waals surface area (Å²) in [4.78, 5) is 23.6. The Kier molecular flexibility index (Phi) is 5.56. The molecule has 136 valence electrons. The number of aliphatic carboxylic acids is 1. The Balaban J connectivity index is 1.67. The first kappa shape index (κ1) is 18.0. The molecule has 5 nitrogen and oxygen atoms in total. The van der Waals surface area contributed by atoms with E-state index in [9.17, 15) is 9.59 Å². The van der Waals surface area contributed by atoms with E-state index in [4.69, 9.17) is 9.84 Å². The second-order valence-corrected chi connectivity index (χ2v) is 6.70. The Bertz CT molecular complexity index is 775. The fourth-order valence-electron chi connectivity index (χ4n) is 3.33. The van der Waals surface area contributed by atoms with E-state index >= 15 is 0 Å². The number of anilines is 1. The van der Waals surface area contributed by atoms with Gasteiger partial charge in [0.15, 0.2) is 0 Å². The number of carbonyl (C=O) groups is 2. The van der Waals surface area contributed by atoms with Crippen LogP contribution in [-0.2, 0) is 9.59 Å². The summed E-state index contributed by atoms with van der Waals surface area (Å²) < 4.78 is 6.05. The highest BCUT2D eigenvalue weighted by molar-refractivity contribution is 5.94. The molecule has 2 aromatic rings. The third kappa shape index (κ3) is 4.23. The molecule has 1 amide bonds. The maximum atomic E-state index is 12.5. The molecular weight excluding hydrogens is 330 g/mol. The average Bonchev–Trinajstić information content (AvgIpc) is 3.15. The molecule has 5 heteroatoms. The molecule has 1 aliphatic carbocycles. The first-order valence-electron chi connectivity index (χ1n) is 8.89. The van der Waals surface area contributed by atoms with E-state index in [2.05, 4.69) is 5.32 Å². The minimum atomic E-state index is -0.819. The zero-order chi connectivity index (χ0) is 18.5. The van der Waals surface area contributed by atoms with Crippen molar-refractivity contribution in [3.8, 4) is 5.75 Å². The van der Waals surface area contributed by atoms with Crippen LogP contribution in [0, 0.1) is 11.8 Å². The van der Waals surface area contributed by atoms with Crippen molar-refractivity contribution in [2.45, 2.75) is 32.3 Å². The molecule has 0 aromatic heterocycles. The number of carboxylic acids is 1. The van der Waals surface area contributed by atoms with Gasteiger partial charge in [0.05, 0.1) is 11.6 Å². The molecule has 0 saturated heterocycles. The zero-order valence-corrected chi connectivity index (χ0v) is 14.7. The van der Waals surface area contributed by atoms with Gasteiger partial charge in [-0.1, -0.05) is 42.5 Å². The minimum Gasteiger partial charge on any atom is -0.484 e. The molecule has 26 heavy (non-hydrogen) atoms. The van der Waals surface area contributed by atoms with Crippen LogP contribution >= 0.6 is 0 Å². The summed E-state index contributed by atoms with van der Waals surface area (Å²) in [7, 11) is 0. The Morgan fingerprint density at radius 2 is 1.69 bits per heavy atom. The van der Waals surface area contributed by atoms with Crippen molar-refractivity contribution in [3.63, 3.8) is 0 Å². The molecule has 1 fully saturated rings. The van der Waals surface area contributed by atoms with Gasteiger partial charge in [-0.3, -0.25) is 9.59 Å². The zero-order valence-electron chi connectivity index (χ0n) is 14.7. The van der Waals surface area contributed by atoms with Crippen LogP contribution in [0.2, 0.25) is 0 Å². The number of hydrogen-bond donors (Lipinski definition) is 2. The van der Waals surface area contributed by atoms with Crippen LogP contribution in [0.4, 0.5) is 5.69 Å². The summed E-state index contributed by atoms with van der Waals surface area (Å²) in [6, 6.07) is 17.2. The number of nitrogens with one attached hydrogen (secondary N) is 1. The number of para-hydroxylation sites is 2. The number of rotatable bonds is 6. The average molecular weight is 353 g/mol. The highest BCUT2D eigenvalue weighted by Crippen LogP contribution is 2.34. The summed E-state index contributed by atoms with van der Waals surface area (Å²) in [5, 5.41) is 12.0. The molecule has 1 unspecified atom stereocenters. The van der Waals surface area contributed by atoms with Gasteiger partial charge in [-0.05, 0) is 43.9 Å². The SMILES string of the molecule is CC(Oc1ccccc1NC(=O)[C@@H]1CC[C@H](C(=O)O)C1)c1ccccc1. The Morgan fingerprint density at radius 1 is 1.04 bits per heavy atom. The number of carboxylic acid groups (broad SMARTS) is 1. The number of ether oxygens (including phenoxy) is 1. The largest absolute Gasteiger partial charge is 0.484 e. The standard InChI is InChI=1S/C21H23NO4/c1-14(15-7-3-2-4-8-15)26-19-10-6-5-9-18(19)22-20(23)16-11-12-17(13-16)21(24)25/h2-10,14,16-17H,11-13H2,1H3,(H,22,23)(H,24,25)/t14?,16-,17+/m1/s1. The van der Waals surface area contributed by atoms with Gasteiger partial charge in [-0.25, -0.2) is 0 Å². The van der Waals surface area contributed by atoms with Gasteiger partial charge >= 0.3 is 5.97 Å².